The molecule has 0 fully saturated rings. The van der Waals surface area contributed by atoms with E-state index in [0.29, 0.717) is 27.8 Å². The van der Waals surface area contributed by atoms with Gasteiger partial charge in [0.2, 0.25) is 11.9 Å². The van der Waals surface area contributed by atoms with Crippen LogP contribution in [0.15, 0.2) is 91.0 Å². The Morgan fingerprint density at radius 1 is 0.804 bits per heavy atom. The van der Waals surface area contributed by atoms with Gasteiger partial charge in [0.15, 0.2) is 11.5 Å². The molecule has 1 unspecified atom stereocenters. The van der Waals surface area contributed by atoms with E-state index in [1.165, 1.54) is 31.7 Å². The van der Waals surface area contributed by atoms with E-state index >= 15 is 0 Å². The summed E-state index contributed by atoms with van der Waals surface area (Å²) >= 11 is 6.33. The Labute approximate surface area is 275 Å². The fourth-order valence-corrected chi connectivity index (χ4v) is 5.69. The van der Waals surface area contributed by atoms with Crippen LogP contribution in [0.1, 0.15) is 74.2 Å². The van der Waals surface area contributed by atoms with Gasteiger partial charge in [-0.3, -0.25) is 14.4 Å². The first-order valence-corrected chi connectivity index (χ1v) is 15.4. The fraction of sp³-hybridized carbons (Fsp3) is 0.289. The predicted molar refractivity (Wildman–Crippen MR) is 182 cm³/mol. The molecule has 0 saturated heterocycles. The van der Waals surface area contributed by atoms with E-state index in [0.717, 1.165) is 6.42 Å². The van der Waals surface area contributed by atoms with Crippen molar-refractivity contribution in [1.82, 2.24) is 0 Å². The molecule has 4 aromatic rings. The summed E-state index contributed by atoms with van der Waals surface area (Å²) < 4.78 is 17.5. The average Bonchev–Trinajstić information content (AvgIpc) is 3.00. The third-order valence-corrected chi connectivity index (χ3v) is 7.64. The van der Waals surface area contributed by atoms with Crippen molar-refractivity contribution >= 4 is 34.8 Å². The van der Waals surface area contributed by atoms with Crippen molar-refractivity contribution in [2.75, 3.05) is 12.4 Å². The second-order valence-electron chi connectivity index (χ2n) is 13.0. The molecule has 4 rings (SSSR count). The summed E-state index contributed by atoms with van der Waals surface area (Å²) in [5.41, 5.74) is 2.24. The minimum Gasteiger partial charge on any atom is -0.496 e. The minimum atomic E-state index is -1.60. The van der Waals surface area contributed by atoms with E-state index in [1.54, 1.807) is 54.6 Å². The molecule has 0 aromatic heterocycles. The second-order valence-corrected chi connectivity index (χ2v) is 13.5. The highest BCUT2D eigenvalue weighted by molar-refractivity contribution is 6.31. The number of para-hydroxylation sites is 1. The normalized spacial score (nSPS) is 12.2. The maximum atomic E-state index is 13.8. The Morgan fingerprint density at radius 2 is 1.43 bits per heavy atom. The van der Waals surface area contributed by atoms with Gasteiger partial charge >= 0.3 is 0 Å². The van der Waals surface area contributed by atoms with Crippen LogP contribution < -0.4 is 19.5 Å². The van der Waals surface area contributed by atoms with Gasteiger partial charge in [-0.15, -0.1) is 0 Å². The highest BCUT2D eigenvalue weighted by atomic mass is 35.5. The molecule has 0 spiro atoms. The van der Waals surface area contributed by atoms with Gasteiger partial charge in [-0.05, 0) is 90.4 Å². The van der Waals surface area contributed by atoms with E-state index in [4.69, 9.17) is 25.8 Å². The second kappa shape index (κ2) is 14.2. The van der Waals surface area contributed by atoms with Crippen LogP contribution in [0.4, 0.5) is 5.69 Å². The molecular weight excluding hydrogens is 602 g/mol. The molecule has 0 aliphatic carbocycles. The van der Waals surface area contributed by atoms with E-state index in [1.807, 2.05) is 24.3 Å². The number of halogens is 1. The molecule has 1 N–H and O–H groups in total. The number of carbonyl (C=O) groups is 3. The van der Waals surface area contributed by atoms with Gasteiger partial charge in [0.1, 0.15) is 17.2 Å². The summed E-state index contributed by atoms with van der Waals surface area (Å²) in [6.07, 6.45) is -0.602. The summed E-state index contributed by atoms with van der Waals surface area (Å²) in [7, 11) is 1.44. The Kier molecular flexibility index (Phi) is 10.6. The number of rotatable bonds is 12. The summed E-state index contributed by atoms with van der Waals surface area (Å²) in [5.74, 6) is -0.104. The zero-order chi connectivity index (χ0) is 33.6. The predicted octanol–water partition coefficient (Wildman–Crippen LogP) is 9.33. The molecule has 0 saturated carbocycles. The molecule has 0 bridgehead atoms. The lowest BCUT2D eigenvalue weighted by Crippen LogP contribution is -2.40. The molecular formula is C38H40ClNO6. The van der Waals surface area contributed by atoms with Crippen LogP contribution in [-0.4, -0.2) is 30.7 Å². The number of amides is 1. The molecule has 0 heterocycles. The molecule has 0 aliphatic rings. The Morgan fingerprint density at radius 3 is 2.04 bits per heavy atom. The van der Waals surface area contributed by atoms with E-state index < -0.39 is 17.8 Å². The lowest BCUT2D eigenvalue weighted by Gasteiger charge is -2.33. The summed E-state index contributed by atoms with van der Waals surface area (Å²) in [4.78, 5) is 39.4. The highest BCUT2D eigenvalue weighted by Crippen LogP contribution is 2.38. The molecule has 4 aromatic carbocycles. The van der Waals surface area contributed by atoms with Gasteiger partial charge in [-0.25, -0.2) is 0 Å². The van der Waals surface area contributed by atoms with Crippen LogP contribution in [0.5, 0.6) is 23.0 Å². The first-order chi connectivity index (χ1) is 21.7. The number of Topliss-reactive ketones (excluding diaryl/α,β-unsaturated/α-hetero) is 2. The van der Waals surface area contributed by atoms with E-state index in [9.17, 15) is 14.4 Å². The number of nitrogens with one attached hydrogen (secondary N) is 1. The zero-order valence-electron chi connectivity index (χ0n) is 27.3. The van der Waals surface area contributed by atoms with Gasteiger partial charge in [-0.1, -0.05) is 70.5 Å². The largest absolute Gasteiger partial charge is 0.496 e. The summed E-state index contributed by atoms with van der Waals surface area (Å²) in [6, 6.07) is 25.5. The van der Waals surface area contributed by atoms with Gasteiger partial charge in [0, 0.05) is 16.7 Å². The maximum Gasteiger partial charge on any atom is 0.273 e. The van der Waals surface area contributed by atoms with Gasteiger partial charge < -0.3 is 19.5 Å². The molecule has 1 amide bonds. The van der Waals surface area contributed by atoms with Crippen molar-refractivity contribution in [2.45, 2.75) is 59.5 Å². The first kappa shape index (κ1) is 34.3. The van der Waals surface area contributed by atoms with Gasteiger partial charge in [0.05, 0.1) is 18.4 Å². The average molecular weight is 642 g/mol. The van der Waals surface area contributed by atoms with Gasteiger partial charge in [0.25, 0.3) is 5.91 Å². The number of ether oxygens (including phenoxy) is 3. The van der Waals surface area contributed by atoms with Crippen molar-refractivity contribution in [1.29, 1.82) is 0 Å². The molecule has 240 valence electrons. The topological polar surface area (TPSA) is 90.9 Å². The third kappa shape index (κ3) is 8.76. The molecule has 0 aliphatic heterocycles. The lowest BCUT2D eigenvalue weighted by atomic mass is 9.72. The van der Waals surface area contributed by atoms with Crippen LogP contribution in [0.25, 0.3) is 0 Å². The van der Waals surface area contributed by atoms with Crippen LogP contribution in [0.3, 0.4) is 0 Å². The quantitative estimate of drug-likeness (QED) is 0.122. The van der Waals surface area contributed by atoms with Crippen molar-refractivity contribution < 1.29 is 28.6 Å². The zero-order valence-corrected chi connectivity index (χ0v) is 28.0. The Bertz CT molecular complexity index is 1700. The number of benzene rings is 4. The lowest BCUT2D eigenvalue weighted by molar-refractivity contribution is -0.120. The number of hydrogen-bond donors (Lipinski definition) is 1. The van der Waals surface area contributed by atoms with Crippen molar-refractivity contribution in [2.24, 2.45) is 5.41 Å². The van der Waals surface area contributed by atoms with Gasteiger partial charge in [-0.2, -0.15) is 0 Å². The monoisotopic (exact) mass is 641 g/mol. The highest BCUT2D eigenvalue weighted by Gasteiger charge is 2.33. The molecule has 46 heavy (non-hydrogen) atoms. The van der Waals surface area contributed by atoms with Crippen LogP contribution in [-0.2, 0) is 10.2 Å². The number of hydrogen-bond acceptors (Lipinski definition) is 6. The maximum absolute atomic E-state index is 13.8. The van der Waals surface area contributed by atoms with Crippen molar-refractivity contribution in [3.8, 4) is 23.0 Å². The SMILES string of the molecule is COc1ccccc1C(=O)C(Oc1ccc(C(C)=O)cc1)C(=O)Nc1ccc(Cl)cc1Oc1ccc(C(C)(C)CC(C)(C)C)cc1. The fourth-order valence-electron chi connectivity index (χ4n) is 5.53. The molecule has 1 atom stereocenters. The summed E-state index contributed by atoms with van der Waals surface area (Å²) in [6.45, 7) is 12.6. The Hall–Kier alpha value is -4.62. The van der Waals surface area contributed by atoms with Crippen molar-refractivity contribution in [3.63, 3.8) is 0 Å². The standard InChI is InChI=1S/C38H40ClNO6/c1-24(41)25-12-17-29(18-13-25)46-35(34(42)30-10-8-9-11-32(30)44-7)36(43)40-31-21-16-27(39)22-33(31)45-28-19-14-26(15-20-28)38(5,6)23-37(2,3)4/h8-22,35H,23H2,1-7H3,(H,40,43). The van der Waals surface area contributed by atoms with E-state index in [-0.39, 0.29) is 33.7 Å². The number of carbonyl (C=O) groups excluding carboxylic acids is 3. The number of ketones is 2. The smallest absolute Gasteiger partial charge is 0.273 e. The van der Waals surface area contributed by atoms with E-state index in [2.05, 4.69) is 39.9 Å². The summed E-state index contributed by atoms with van der Waals surface area (Å²) in [5, 5.41) is 3.20. The van der Waals surface area contributed by atoms with Crippen molar-refractivity contribution in [3.05, 3.63) is 113 Å². The first-order valence-electron chi connectivity index (χ1n) is 15.0. The van der Waals surface area contributed by atoms with Crippen LogP contribution in [0.2, 0.25) is 5.02 Å². The minimum absolute atomic E-state index is 0.0403. The molecule has 0 radical (unpaired) electrons. The van der Waals surface area contributed by atoms with Crippen LogP contribution >= 0.6 is 11.6 Å². The molecule has 7 nitrogen and oxygen atoms in total. The van der Waals surface area contributed by atoms with Crippen LogP contribution in [0, 0.1) is 5.41 Å². The number of anilines is 1. The molecule has 8 heteroatoms. The Balaban J connectivity index is 1.62. The number of methoxy groups -OCH3 is 1. The third-order valence-electron chi connectivity index (χ3n) is 7.40.